The number of hydrogen-bond donors (Lipinski definition) is 1. The summed E-state index contributed by atoms with van der Waals surface area (Å²) in [6, 6.07) is 5.90. The molecule has 1 saturated carbocycles. The van der Waals surface area contributed by atoms with Gasteiger partial charge in [-0.2, -0.15) is 0 Å². The largest absolute Gasteiger partial charge is 0.444 e. The van der Waals surface area contributed by atoms with Gasteiger partial charge in [0.25, 0.3) is 0 Å². The first kappa shape index (κ1) is 16.2. The van der Waals surface area contributed by atoms with E-state index in [-0.39, 0.29) is 12.1 Å². The van der Waals surface area contributed by atoms with Crippen LogP contribution in [0.2, 0.25) is 0 Å². The van der Waals surface area contributed by atoms with Crippen molar-refractivity contribution >= 4 is 23.5 Å². The molecule has 0 aromatic heterocycles. The Morgan fingerprint density at radius 2 is 2.09 bits per heavy atom. The van der Waals surface area contributed by atoms with Gasteiger partial charge in [0.2, 0.25) is 0 Å². The summed E-state index contributed by atoms with van der Waals surface area (Å²) in [6.45, 7) is 6.23. The van der Waals surface area contributed by atoms with E-state index in [2.05, 4.69) is 12.1 Å². The Morgan fingerprint density at radius 1 is 1.35 bits per heavy atom. The van der Waals surface area contributed by atoms with Crippen LogP contribution in [0.1, 0.15) is 45.2 Å². The fourth-order valence-corrected chi connectivity index (χ4v) is 3.77. The van der Waals surface area contributed by atoms with E-state index in [1.54, 1.807) is 4.90 Å². The zero-order valence-electron chi connectivity index (χ0n) is 13.9. The van der Waals surface area contributed by atoms with E-state index in [1.165, 1.54) is 17.7 Å². The third kappa shape index (κ3) is 4.02. The minimum Gasteiger partial charge on any atom is -0.444 e. The minimum absolute atomic E-state index is 0.102. The van der Waals surface area contributed by atoms with Crippen molar-refractivity contribution in [3.8, 4) is 0 Å². The molecule has 1 amide bonds. The summed E-state index contributed by atoms with van der Waals surface area (Å²) in [4.78, 5) is 15.5. The molecule has 1 atom stereocenters. The highest BCUT2D eigenvalue weighted by atomic mass is 32.2. The average molecular weight is 332 g/mol. The molecule has 2 N–H and O–H groups in total. The van der Waals surface area contributed by atoms with Gasteiger partial charge in [-0.05, 0) is 57.4 Å². The van der Waals surface area contributed by atoms with Gasteiger partial charge in [-0.3, -0.25) is 4.90 Å². The number of thioether (sulfide) groups is 1. The summed E-state index contributed by atoms with van der Waals surface area (Å²) < 4.78 is 5.55. The van der Waals surface area contributed by atoms with Gasteiger partial charge in [0.1, 0.15) is 5.60 Å². The van der Waals surface area contributed by atoms with Crippen molar-refractivity contribution in [3.05, 3.63) is 35.9 Å². The van der Waals surface area contributed by atoms with Crippen LogP contribution in [0.25, 0.3) is 0 Å². The quantitative estimate of drug-likeness (QED) is 0.659. The summed E-state index contributed by atoms with van der Waals surface area (Å²) in [5.74, 6) is 0. The number of carbonyl (C=O) groups is 1. The predicted molar refractivity (Wildman–Crippen MR) is 94.6 cm³/mol. The molecule has 1 heterocycles. The molecule has 23 heavy (non-hydrogen) atoms. The molecular formula is C18H24N2O2S. The molecule has 1 aromatic rings. The van der Waals surface area contributed by atoms with Gasteiger partial charge >= 0.3 is 6.09 Å². The van der Waals surface area contributed by atoms with Crippen molar-refractivity contribution < 1.29 is 9.53 Å². The lowest BCUT2D eigenvalue weighted by Gasteiger charge is -2.29. The number of nitrogens with two attached hydrogens (primary N) is 1. The Bertz CT molecular complexity index is 632. The molecule has 5 heteroatoms. The molecule has 0 spiro atoms. The molecule has 1 fully saturated rings. The van der Waals surface area contributed by atoms with Crippen LogP contribution in [0.15, 0.2) is 35.2 Å². The zero-order chi connectivity index (χ0) is 16.6. The van der Waals surface area contributed by atoms with Crippen LogP contribution in [-0.2, 0) is 4.74 Å². The lowest BCUT2D eigenvalue weighted by Crippen LogP contribution is -2.37. The summed E-state index contributed by atoms with van der Waals surface area (Å²) in [5, 5.41) is 0.706. The van der Waals surface area contributed by atoms with E-state index in [4.69, 9.17) is 10.5 Å². The van der Waals surface area contributed by atoms with E-state index < -0.39 is 5.60 Å². The monoisotopic (exact) mass is 332 g/mol. The number of benzene rings is 1. The number of nitrogens with zero attached hydrogens (tertiary/aromatic N) is 1. The second-order valence-corrected chi connectivity index (χ2v) is 8.46. The van der Waals surface area contributed by atoms with E-state index in [9.17, 15) is 4.79 Å². The van der Waals surface area contributed by atoms with E-state index >= 15 is 0 Å². The molecule has 0 saturated heterocycles. The summed E-state index contributed by atoms with van der Waals surface area (Å²) >= 11 is 1.89. The number of carbonyl (C=O) groups excluding carboxylic acids is 1. The highest BCUT2D eigenvalue weighted by Crippen LogP contribution is 2.44. The summed E-state index contributed by atoms with van der Waals surface area (Å²) in [7, 11) is 0. The van der Waals surface area contributed by atoms with Crippen molar-refractivity contribution in [2.24, 2.45) is 0 Å². The first-order valence-corrected chi connectivity index (χ1v) is 8.94. The van der Waals surface area contributed by atoms with Gasteiger partial charge < -0.3 is 10.5 Å². The van der Waals surface area contributed by atoms with Crippen molar-refractivity contribution in [1.82, 2.24) is 4.90 Å². The molecular weight excluding hydrogens is 308 g/mol. The van der Waals surface area contributed by atoms with Crippen LogP contribution in [0.5, 0.6) is 0 Å². The van der Waals surface area contributed by atoms with Crippen LogP contribution < -0.4 is 5.73 Å². The van der Waals surface area contributed by atoms with Crippen LogP contribution >= 0.6 is 11.8 Å². The first-order valence-electron chi connectivity index (χ1n) is 8.06. The van der Waals surface area contributed by atoms with Gasteiger partial charge in [0.05, 0.1) is 6.04 Å². The molecule has 3 rings (SSSR count). The normalized spacial score (nSPS) is 20.8. The molecule has 0 bridgehead atoms. The highest BCUT2D eigenvalue weighted by Gasteiger charge is 2.32. The molecule has 2 aliphatic rings. The van der Waals surface area contributed by atoms with E-state index in [0.29, 0.717) is 11.8 Å². The van der Waals surface area contributed by atoms with E-state index in [1.807, 2.05) is 50.7 Å². The zero-order valence-corrected chi connectivity index (χ0v) is 14.7. The Hall–Kier alpha value is -1.62. The number of rotatable bonds is 3. The molecule has 1 aliphatic heterocycles. The topological polar surface area (TPSA) is 55.6 Å². The van der Waals surface area contributed by atoms with E-state index in [0.717, 1.165) is 11.3 Å². The lowest BCUT2D eigenvalue weighted by molar-refractivity contribution is 0.0239. The molecule has 0 radical (unpaired) electrons. The molecule has 1 aliphatic carbocycles. The first-order chi connectivity index (χ1) is 10.8. The summed E-state index contributed by atoms with van der Waals surface area (Å²) in [5.41, 5.74) is 7.33. The lowest BCUT2D eigenvalue weighted by atomic mass is 10.1. The fraction of sp³-hybridized carbons (Fsp3) is 0.500. The number of ether oxygens (including phenoxy) is 1. The third-order valence-corrected chi connectivity index (χ3v) is 5.19. The van der Waals surface area contributed by atoms with Crippen LogP contribution in [0.4, 0.5) is 10.5 Å². The van der Waals surface area contributed by atoms with Crippen molar-refractivity contribution in [2.75, 3.05) is 12.3 Å². The van der Waals surface area contributed by atoms with Gasteiger partial charge in [0.15, 0.2) is 0 Å². The van der Waals surface area contributed by atoms with Crippen molar-refractivity contribution in [2.45, 2.75) is 55.4 Å². The standard InChI is InChI=1S/C18H24N2O2S/c1-18(2,3)22-17(21)20-10-4-5-15(20)14-11-12(19)6-9-16(14)23-13-7-8-13/h4-6,9,11,13,15H,7-8,10,19H2,1-3H3/t15-/m1/s1. The molecule has 1 aromatic carbocycles. The summed E-state index contributed by atoms with van der Waals surface area (Å²) in [6.07, 6.45) is 6.34. The van der Waals surface area contributed by atoms with Crippen LogP contribution in [0, 0.1) is 0 Å². The SMILES string of the molecule is CC(C)(C)OC(=O)N1CC=C[C@@H]1c1cc(N)ccc1SC1CC1. The average Bonchev–Trinajstić information content (AvgIpc) is 3.12. The number of hydrogen-bond acceptors (Lipinski definition) is 4. The van der Waals surface area contributed by atoms with Crippen molar-refractivity contribution in [3.63, 3.8) is 0 Å². The smallest absolute Gasteiger partial charge is 0.411 e. The minimum atomic E-state index is -0.495. The Balaban J connectivity index is 1.85. The van der Waals surface area contributed by atoms with Gasteiger partial charge in [-0.1, -0.05) is 12.2 Å². The second-order valence-electron chi connectivity index (χ2n) is 7.12. The van der Waals surface area contributed by atoms with Gasteiger partial charge in [-0.15, -0.1) is 11.8 Å². The maximum Gasteiger partial charge on any atom is 0.411 e. The van der Waals surface area contributed by atoms with Crippen molar-refractivity contribution in [1.29, 1.82) is 0 Å². The number of nitrogen functional groups attached to an aromatic ring is 1. The third-order valence-electron chi connectivity index (χ3n) is 3.75. The molecule has 124 valence electrons. The van der Waals surface area contributed by atoms with Crippen LogP contribution in [-0.4, -0.2) is 28.4 Å². The maximum atomic E-state index is 12.5. The van der Waals surface area contributed by atoms with Gasteiger partial charge in [0, 0.05) is 22.4 Å². The number of amides is 1. The second kappa shape index (κ2) is 6.11. The van der Waals surface area contributed by atoms with Gasteiger partial charge in [-0.25, -0.2) is 4.79 Å². The predicted octanol–water partition coefficient (Wildman–Crippen LogP) is 4.37. The Morgan fingerprint density at radius 3 is 2.74 bits per heavy atom. The highest BCUT2D eigenvalue weighted by molar-refractivity contribution is 8.00. The molecule has 4 nitrogen and oxygen atoms in total. The van der Waals surface area contributed by atoms with Crippen LogP contribution in [0.3, 0.4) is 0 Å². The fourth-order valence-electron chi connectivity index (χ4n) is 2.57. The Kier molecular flexibility index (Phi) is 4.32. The maximum absolute atomic E-state index is 12.5. The molecule has 0 unspecified atom stereocenters. The number of anilines is 1. The Labute approximate surface area is 142 Å².